The molecule has 0 aliphatic carbocycles. The van der Waals surface area contributed by atoms with Crippen molar-refractivity contribution in [3.8, 4) is 0 Å². The molecule has 3 heteroatoms. The fourth-order valence-corrected chi connectivity index (χ4v) is 2.91. The van der Waals surface area contributed by atoms with Crippen LogP contribution < -0.4 is 5.32 Å². The minimum atomic E-state index is 0.637. The molecule has 0 amide bonds. The van der Waals surface area contributed by atoms with Gasteiger partial charge in [-0.25, -0.2) is 0 Å². The van der Waals surface area contributed by atoms with Crippen LogP contribution in [-0.2, 0) is 4.74 Å². The Labute approximate surface area is 93.2 Å². The van der Waals surface area contributed by atoms with E-state index in [-0.39, 0.29) is 0 Å². The van der Waals surface area contributed by atoms with Crippen molar-refractivity contribution in [2.45, 2.75) is 38.8 Å². The lowest BCUT2D eigenvalue weighted by Crippen LogP contribution is -2.55. The van der Waals surface area contributed by atoms with E-state index < -0.39 is 0 Å². The summed E-state index contributed by atoms with van der Waals surface area (Å²) in [5, 5.41) is 3.57. The first-order chi connectivity index (χ1) is 7.24. The molecule has 3 nitrogen and oxygen atoms in total. The first-order valence-electron chi connectivity index (χ1n) is 6.30. The summed E-state index contributed by atoms with van der Waals surface area (Å²) in [6.07, 6.45) is 2.61. The number of rotatable bonds is 2. The fourth-order valence-electron chi connectivity index (χ4n) is 2.91. The van der Waals surface area contributed by atoms with Gasteiger partial charge in [0.25, 0.3) is 0 Å². The highest BCUT2D eigenvalue weighted by atomic mass is 16.5. The topological polar surface area (TPSA) is 24.5 Å². The summed E-state index contributed by atoms with van der Waals surface area (Å²) in [7, 11) is 0. The van der Waals surface area contributed by atoms with E-state index in [0.29, 0.717) is 12.1 Å². The van der Waals surface area contributed by atoms with Crippen molar-refractivity contribution in [2.24, 2.45) is 5.92 Å². The molecule has 0 aromatic carbocycles. The SMILES string of the molecule is CC1CN(CC2CCCOC2)CC(C)N1. The first kappa shape index (κ1) is 11.4. The van der Waals surface area contributed by atoms with Crippen LogP contribution in [0.25, 0.3) is 0 Å². The van der Waals surface area contributed by atoms with Crippen LogP contribution in [0.5, 0.6) is 0 Å². The molecular formula is C12H24N2O. The molecule has 0 bridgehead atoms. The molecule has 0 saturated carbocycles. The van der Waals surface area contributed by atoms with E-state index in [2.05, 4.69) is 24.1 Å². The van der Waals surface area contributed by atoms with Crippen molar-refractivity contribution < 1.29 is 4.74 Å². The zero-order chi connectivity index (χ0) is 10.7. The highest BCUT2D eigenvalue weighted by molar-refractivity contribution is 4.82. The molecule has 2 rings (SSSR count). The molecule has 0 spiro atoms. The van der Waals surface area contributed by atoms with Gasteiger partial charge >= 0.3 is 0 Å². The Bertz CT molecular complexity index is 182. The number of nitrogens with zero attached hydrogens (tertiary/aromatic N) is 1. The predicted octanol–water partition coefficient (Wildman–Crippen LogP) is 1.10. The molecule has 0 aromatic rings. The van der Waals surface area contributed by atoms with Crippen LogP contribution in [0.3, 0.4) is 0 Å². The second-order valence-corrected chi connectivity index (χ2v) is 5.27. The molecule has 2 saturated heterocycles. The maximum absolute atomic E-state index is 5.54. The van der Waals surface area contributed by atoms with Crippen molar-refractivity contribution >= 4 is 0 Å². The van der Waals surface area contributed by atoms with Gasteiger partial charge in [-0.2, -0.15) is 0 Å². The molecule has 3 atom stereocenters. The summed E-state index contributed by atoms with van der Waals surface area (Å²) >= 11 is 0. The Morgan fingerprint density at radius 3 is 2.60 bits per heavy atom. The molecule has 2 heterocycles. The molecule has 2 fully saturated rings. The van der Waals surface area contributed by atoms with Crippen LogP contribution in [-0.4, -0.2) is 49.8 Å². The Kier molecular flexibility index (Phi) is 4.00. The van der Waals surface area contributed by atoms with Gasteiger partial charge in [0.2, 0.25) is 0 Å². The molecule has 88 valence electrons. The number of piperazine rings is 1. The van der Waals surface area contributed by atoms with Crippen LogP contribution in [0, 0.1) is 5.92 Å². The molecule has 1 N–H and O–H groups in total. The highest BCUT2D eigenvalue weighted by Gasteiger charge is 2.24. The quantitative estimate of drug-likeness (QED) is 0.742. The number of hydrogen-bond acceptors (Lipinski definition) is 3. The summed E-state index contributed by atoms with van der Waals surface area (Å²) in [4.78, 5) is 2.60. The molecule has 2 aliphatic heterocycles. The highest BCUT2D eigenvalue weighted by Crippen LogP contribution is 2.16. The van der Waals surface area contributed by atoms with Gasteiger partial charge in [-0.3, -0.25) is 4.90 Å². The van der Waals surface area contributed by atoms with Crippen LogP contribution in [0.2, 0.25) is 0 Å². The van der Waals surface area contributed by atoms with Crippen molar-refractivity contribution in [1.29, 1.82) is 0 Å². The molecular weight excluding hydrogens is 188 g/mol. The smallest absolute Gasteiger partial charge is 0.0506 e. The summed E-state index contributed by atoms with van der Waals surface area (Å²) in [6.45, 7) is 10.1. The zero-order valence-corrected chi connectivity index (χ0v) is 10.0. The van der Waals surface area contributed by atoms with E-state index in [1.54, 1.807) is 0 Å². The maximum atomic E-state index is 5.54. The third kappa shape index (κ3) is 3.44. The maximum Gasteiger partial charge on any atom is 0.0506 e. The molecule has 3 unspecified atom stereocenters. The largest absolute Gasteiger partial charge is 0.381 e. The summed E-state index contributed by atoms with van der Waals surface area (Å²) in [6, 6.07) is 1.27. The summed E-state index contributed by atoms with van der Waals surface area (Å²) in [5.41, 5.74) is 0. The van der Waals surface area contributed by atoms with E-state index in [4.69, 9.17) is 4.74 Å². The lowest BCUT2D eigenvalue weighted by atomic mass is 10.0. The van der Waals surface area contributed by atoms with E-state index in [1.807, 2.05) is 0 Å². The third-order valence-electron chi connectivity index (χ3n) is 3.40. The van der Waals surface area contributed by atoms with Crippen LogP contribution in [0.4, 0.5) is 0 Å². The van der Waals surface area contributed by atoms with Crippen molar-refractivity contribution in [2.75, 3.05) is 32.8 Å². The minimum absolute atomic E-state index is 0.637. The number of ether oxygens (including phenoxy) is 1. The zero-order valence-electron chi connectivity index (χ0n) is 10.0. The van der Waals surface area contributed by atoms with E-state index in [1.165, 1.54) is 32.5 Å². The van der Waals surface area contributed by atoms with Crippen LogP contribution in [0.15, 0.2) is 0 Å². The van der Waals surface area contributed by atoms with Crippen LogP contribution in [0.1, 0.15) is 26.7 Å². The average Bonchev–Trinajstić information content (AvgIpc) is 2.17. The van der Waals surface area contributed by atoms with Gasteiger partial charge in [-0.15, -0.1) is 0 Å². The fraction of sp³-hybridized carbons (Fsp3) is 1.00. The van der Waals surface area contributed by atoms with Gasteiger partial charge in [-0.05, 0) is 32.6 Å². The molecule has 0 aromatic heterocycles. The Morgan fingerprint density at radius 2 is 2.00 bits per heavy atom. The summed E-state index contributed by atoms with van der Waals surface area (Å²) < 4.78 is 5.54. The predicted molar refractivity (Wildman–Crippen MR) is 62.0 cm³/mol. The second kappa shape index (κ2) is 5.28. The molecule has 15 heavy (non-hydrogen) atoms. The average molecular weight is 212 g/mol. The van der Waals surface area contributed by atoms with E-state index in [9.17, 15) is 0 Å². The Hall–Kier alpha value is -0.120. The van der Waals surface area contributed by atoms with E-state index in [0.717, 1.165) is 19.1 Å². The van der Waals surface area contributed by atoms with Gasteiger partial charge in [0.1, 0.15) is 0 Å². The van der Waals surface area contributed by atoms with Crippen LogP contribution >= 0.6 is 0 Å². The van der Waals surface area contributed by atoms with Gasteiger partial charge in [0.15, 0.2) is 0 Å². The van der Waals surface area contributed by atoms with Gasteiger partial charge in [0.05, 0.1) is 6.61 Å². The lowest BCUT2D eigenvalue weighted by Gasteiger charge is -2.38. The van der Waals surface area contributed by atoms with Crippen molar-refractivity contribution in [1.82, 2.24) is 10.2 Å². The van der Waals surface area contributed by atoms with Crippen molar-refractivity contribution in [3.63, 3.8) is 0 Å². The molecule has 0 radical (unpaired) electrons. The first-order valence-corrected chi connectivity index (χ1v) is 6.30. The minimum Gasteiger partial charge on any atom is -0.381 e. The van der Waals surface area contributed by atoms with Gasteiger partial charge in [-0.1, -0.05) is 0 Å². The number of nitrogens with one attached hydrogen (secondary N) is 1. The van der Waals surface area contributed by atoms with Gasteiger partial charge in [0, 0.05) is 38.3 Å². The van der Waals surface area contributed by atoms with E-state index >= 15 is 0 Å². The summed E-state index contributed by atoms with van der Waals surface area (Å²) in [5.74, 6) is 0.774. The normalized spacial score (nSPS) is 39.2. The van der Waals surface area contributed by atoms with Crippen molar-refractivity contribution in [3.05, 3.63) is 0 Å². The standard InChI is InChI=1S/C12H24N2O/c1-10-6-14(7-11(2)13-10)8-12-4-3-5-15-9-12/h10-13H,3-9H2,1-2H3. The van der Waals surface area contributed by atoms with Gasteiger partial charge < -0.3 is 10.1 Å². The molecule has 2 aliphatic rings. The lowest BCUT2D eigenvalue weighted by molar-refractivity contribution is 0.0312. The Balaban J connectivity index is 1.77. The third-order valence-corrected chi connectivity index (χ3v) is 3.40. The monoisotopic (exact) mass is 212 g/mol. The Morgan fingerprint density at radius 1 is 1.27 bits per heavy atom. The number of hydrogen-bond donors (Lipinski definition) is 1. The second-order valence-electron chi connectivity index (χ2n) is 5.27.